The van der Waals surface area contributed by atoms with Gasteiger partial charge in [-0.3, -0.25) is 9.36 Å². The van der Waals surface area contributed by atoms with Gasteiger partial charge in [-0.2, -0.15) is 0 Å². The van der Waals surface area contributed by atoms with E-state index in [0.29, 0.717) is 9.33 Å². The van der Waals surface area contributed by atoms with Crippen molar-refractivity contribution < 1.29 is 4.39 Å². The topological polar surface area (TPSA) is 34.4 Å². The summed E-state index contributed by atoms with van der Waals surface area (Å²) >= 11 is 3.07. The lowest BCUT2D eigenvalue weighted by atomic mass is 9.85. The lowest BCUT2D eigenvalue weighted by molar-refractivity contribution is 0.593. The molecule has 0 saturated heterocycles. The van der Waals surface area contributed by atoms with Crippen molar-refractivity contribution >= 4 is 34.4 Å². The molecule has 2 aliphatic rings. The Labute approximate surface area is 185 Å². The number of thiazole rings is 1. The van der Waals surface area contributed by atoms with Crippen molar-refractivity contribution in [3.63, 3.8) is 0 Å². The Morgan fingerprint density at radius 2 is 1.87 bits per heavy atom. The normalized spacial score (nSPS) is 17.7. The van der Waals surface area contributed by atoms with Gasteiger partial charge in [0, 0.05) is 10.4 Å². The Morgan fingerprint density at radius 3 is 2.68 bits per heavy atom. The van der Waals surface area contributed by atoms with Crippen LogP contribution in [0.1, 0.15) is 34.0 Å². The zero-order chi connectivity index (χ0) is 20.9. The van der Waals surface area contributed by atoms with Crippen LogP contribution < -0.4 is 14.9 Å². The van der Waals surface area contributed by atoms with Crippen LogP contribution in [0.2, 0.25) is 0 Å². The number of rotatable bonds is 2. The van der Waals surface area contributed by atoms with E-state index in [0.717, 1.165) is 29.0 Å². The Bertz CT molecular complexity index is 1510. The summed E-state index contributed by atoms with van der Waals surface area (Å²) in [6.07, 6.45) is 3.66. The van der Waals surface area contributed by atoms with Crippen LogP contribution in [0.4, 0.5) is 4.39 Å². The molecule has 1 aliphatic heterocycles. The highest BCUT2D eigenvalue weighted by Crippen LogP contribution is 2.42. The Balaban J connectivity index is 1.62. The zero-order valence-corrected chi connectivity index (χ0v) is 18.0. The van der Waals surface area contributed by atoms with Crippen molar-refractivity contribution in [2.24, 2.45) is 4.99 Å². The number of allylic oxidation sites excluding steroid dienone is 1. The third-order valence-electron chi connectivity index (χ3n) is 5.85. The van der Waals surface area contributed by atoms with E-state index in [1.807, 2.05) is 22.8 Å². The van der Waals surface area contributed by atoms with Crippen LogP contribution in [0.25, 0.3) is 11.8 Å². The third kappa shape index (κ3) is 3.06. The van der Waals surface area contributed by atoms with Gasteiger partial charge in [0.1, 0.15) is 5.82 Å². The van der Waals surface area contributed by atoms with Crippen LogP contribution in [0.15, 0.2) is 81.4 Å². The second-order valence-electron chi connectivity index (χ2n) is 7.68. The third-order valence-corrected chi connectivity index (χ3v) is 7.76. The monoisotopic (exact) mass is 444 g/mol. The molecule has 6 rings (SSSR count). The molecule has 2 aromatic carbocycles. The fourth-order valence-electron chi connectivity index (χ4n) is 4.43. The SMILES string of the molecule is O=c1/c(=C\c2ccc(F)cc2)sc2n1C(c1cccs1)C1=C(N=2)c2ccccc2CC1. The molecule has 3 nitrogen and oxygen atoms in total. The van der Waals surface area contributed by atoms with Crippen LogP contribution in [-0.4, -0.2) is 4.57 Å². The fourth-order valence-corrected chi connectivity index (χ4v) is 6.28. The molecular formula is C25H17FN2OS2. The quantitative estimate of drug-likeness (QED) is 0.448. The van der Waals surface area contributed by atoms with Gasteiger partial charge in [-0.15, -0.1) is 11.3 Å². The molecule has 0 radical (unpaired) electrons. The summed E-state index contributed by atoms with van der Waals surface area (Å²) in [6, 6.07) is 18.6. The molecule has 4 aromatic rings. The molecule has 1 aliphatic carbocycles. The number of benzene rings is 2. The highest BCUT2D eigenvalue weighted by Gasteiger charge is 2.32. The summed E-state index contributed by atoms with van der Waals surface area (Å²) in [5, 5.41) is 2.06. The van der Waals surface area contributed by atoms with E-state index in [-0.39, 0.29) is 17.4 Å². The van der Waals surface area contributed by atoms with E-state index in [1.54, 1.807) is 23.5 Å². The average molecular weight is 445 g/mol. The largest absolute Gasteiger partial charge is 0.271 e. The van der Waals surface area contributed by atoms with Crippen LogP contribution in [0.5, 0.6) is 0 Å². The minimum absolute atomic E-state index is 0.0446. The number of aromatic nitrogens is 1. The van der Waals surface area contributed by atoms with Gasteiger partial charge >= 0.3 is 0 Å². The van der Waals surface area contributed by atoms with Crippen molar-refractivity contribution in [2.45, 2.75) is 18.9 Å². The van der Waals surface area contributed by atoms with Gasteiger partial charge < -0.3 is 0 Å². The summed E-state index contributed by atoms with van der Waals surface area (Å²) in [7, 11) is 0. The smallest absolute Gasteiger partial charge is 0.271 e. The molecule has 0 fully saturated rings. The zero-order valence-electron chi connectivity index (χ0n) is 16.4. The first-order valence-electron chi connectivity index (χ1n) is 10.1. The van der Waals surface area contributed by atoms with E-state index in [9.17, 15) is 9.18 Å². The molecule has 0 saturated carbocycles. The molecule has 6 heteroatoms. The summed E-state index contributed by atoms with van der Waals surface area (Å²) in [5.41, 5.74) is 5.45. The van der Waals surface area contributed by atoms with Gasteiger partial charge in [0.2, 0.25) is 0 Å². The van der Waals surface area contributed by atoms with E-state index in [4.69, 9.17) is 4.99 Å². The average Bonchev–Trinajstić information content (AvgIpc) is 3.43. The predicted molar refractivity (Wildman–Crippen MR) is 123 cm³/mol. The molecule has 31 heavy (non-hydrogen) atoms. The lowest BCUT2D eigenvalue weighted by Gasteiger charge is -2.30. The number of hydrogen-bond acceptors (Lipinski definition) is 4. The van der Waals surface area contributed by atoms with Crippen molar-refractivity contribution in [1.29, 1.82) is 0 Å². The number of thiophene rings is 1. The predicted octanol–water partition coefficient (Wildman–Crippen LogP) is 4.52. The van der Waals surface area contributed by atoms with Crippen molar-refractivity contribution in [1.82, 2.24) is 4.57 Å². The number of hydrogen-bond donors (Lipinski definition) is 0. The van der Waals surface area contributed by atoms with Gasteiger partial charge in [-0.05, 0) is 59.2 Å². The minimum atomic E-state index is -0.289. The van der Waals surface area contributed by atoms with Gasteiger partial charge in [0.25, 0.3) is 5.56 Å². The van der Waals surface area contributed by atoms with Crippen molar-refractivity contribution in [3.05, 3.63) is 119 Å². The second kappa shape index (κ2) is 7.25. The number of nitrogens with zero attached hydrogens (tertiary/aromatic N) is 2. The van der Waals surface area contributed by atoms with E-state index >= 15 is 0 Å². The minimum Gasteiger partial charge on any atom is -0.271 e. The highest BCUT2D eigenvalue weighted by molar-refractivity contribution is 7.10. The van der Waals surface area contributed by atoms with E-state index in [2.05, 4.69) is 29.6 Å². The molecule has 0 bridgehead atoms. The molecule has 1 unspecified atom stereocenters. The van der Waals surface area contributed by atoms with Crippen molar-refractivity contribution in [2.75, 3.05) is 0 Å². The molecule has 0 amide bonds. The molecule has 2 aromatic heterocycles. The number of fused-ring (bicyclic) bond motifs is 3. The van der Waals surface area contributed by atoms with Gasteiger partial charge in [0.15, 0.2) is 4.80 Å². The molecule has 1 atom stereocenters. The maximum atomic E-state index is 13.5. The maximum absolute atomic E-state index is 13.5. The first kappa shape index (κ1) is 18.7. The summed E-state index contributed by atoms with van der Waals surface area (Å²) in [4.78, 5) is 20.4. The Hall–Kier alpha value is -3.09. The summed E-state index contributed by atoms with van der Waals surface area (Å²) in [5.74, 6) is -0.289. The standard InChI is InChI=1S/C25H17FN2OS2/c26-17-10-7-15(8-11-17)14-21-24(29)28-23(20-6-3-13-30-20)19-12-9-16-4-1-2-5-18(16)22(19)27-25(28)31-21/h1-8,10-11,13-14,23H,9,12H2/b21-14+. The first-order valence-corrected chi connectivity index (χ1v) is 11.8. The fraction of sp³-hybridized carbons (Fsp3) is 0.120. The first-order chi connectivity index (χ1) is 15.2. The van der Waals surface area contributed by atoms with Gasteiger partial charge in [0.05, 0.1) is 16.3 Å². The summed E-state index contributed by atoms with van der Waals surface area (Å²) in [6.45, 7) is 0. The molecule has 0 spiro atoms. The van der Waals surface area contributed by atoms with Crippen molar-refractivity contribution in [3.8, 4) is 0 Å². The van der Waals surface area contributed by atoms with E-state index in [1.165, 1.54) is 40.2 Å². The second-order valence-corrected chi connectivity index (χ2v) is 9.67. The number of halogens is 1. The Morgan fingerprint density at radius 1 is 1.03 bits per heavy atom. The van der Waals surface area contributed by atoms with Gasteiger partial charge in [-0.1, -0.05) is 53.8 Å². The van der Waals surface area contributed by atoms with Crippen LogP contribution >= 0.6 is 22.7 Å². The lowest BCUT2D eigenvalue weighted by Crippen LogP contribution is -2.38. The Kier molecular flexibility index (Phi) is 4.37. The van der Waals surface area contributed by atoms with Crippen LogP contribution in [0, 0.1) is 5.82 Å². The van der Waals surface area contributed by atoms with E-state index < -0.39 is 0 Å². The molecule has 152 valence electrons. The molecule has 3 heterocycles. The number of aryl methyl sites for hydroxylation is 1. The van der Waals surface area contributed by atoms with Crippen LogP contribution in [0.3, 0.4) is 0 Å². The highest BCUT2D eigenvalue weighted by atomic mass is 32.1. The van der Waals surface area contributed by atoms with Crippen LogP contribution in [-0.2, 0) is 6.42 Å². The van der Waals surface area contributed by atoms with Gasteiger partial charge in [-0.25, -0.2) is 9.38 Å². The molecular weight excluding hydrogens is 427 g/mol. The maximum Gasteiger partial charge on any atom is 0.271 e. The summed E-state index contributed by atoms with van der Waals surface area (Å²) < 4.78 is 15.8. The molecule has 0 N–H and O–H groups in total.